The van der Waals surface area contributed by atoms with E-state index < -0.39 is 71.1 Å². The van der Waals surface area contributed by atoms with Crippen molar-refractivity contribution in [2.75, 3.05) is 61.8 Å². The van der Waals surface area contributed by atoms with Gasteiger partial charge in [-0.3, -0.25) is 28.7 Å². The molecule has 2 aromatic heterocycles. The van der Waals surface area contributed by atoms with Gasteiger partial charge in [-0.1, -0.05) is 54.6 Å². The van der Waals surface area contributed by atoms with Crippen molar-refractivity contribution >= 4 is 0 Å². The molecule has 3 aromatic carbocycles. The average Bonchev–Trinajstić information content (AvgIpc) is 3.84. The molecule has 323 valence electrons. The highest BCUT2D eigenvalue weighted by Gasteiger charge is 2.49. The SMILES string of the molecule is COc1ccc(C(OC[C@H]2O[C@@H](n3ccc(=O)[nH]c3=O)[C@H](OC)[C@@H]2OCCN(C)C[C@H]2[CH][C@@H](OC)[C@H](n3ccc(=O)[nH]c3=O)O2)(c2ccccc2)c2ccc(OC)cc2)cc1. The summed E-state index contributed by atoms with van der Waals surface area (Å²) in [5.74, 6) is 1.35. The quantitative estimate of drug-likeness (QED) is 0.123. The smallest absolute Gasteiger partial charge is 0.330 e. The molecule has 2 fully saturated rings. The summed E-state index contributed by atoms with van der Waals surface area (Å²) < 4.78 is 51.9. The summed E-state index contributed by atoms with van der Waals surface area (Å²) in [5, 5.41) is 0. The number of rotatable bonds is 18. The fourth-order valence-electron chi connectivity index (χ4n) is 7.93. The molecule has 7 rings (SSSR count). The summed E-state index contributed by atoms with van der Waals surface area (Å²) in [7, 11) is 8.16. The molecule has 2 N–H and O–H groups in total. The van der Waals surface area contributed by atoms with Gasteiger partial charge in [0.2, 0.25) is 0 Å². The molecule has 61 heavy (non-hydrogen) atoms. The summed E-state index contributed by atoms with van der Waals surface area (Å²) in [6.07, 6.45) is -0.437. The number of nitrogens with one attached hydrogen (secondary N) is 2. The van der Waals surface area contributed by atoms with Gasteiger partial charge in [0.05, 0.1) is 33.5 Å². The molecule has 2 saturated heterocycles. The zero-order valence-electron chi connectivity index (χ0n) is 34.5. The largest absolute Gasteiger partial charge is 0.497 e. The van der Waals surface area contributed by atoms with Gasteiger partial charge in [-0.2, -0.15) is 0 Å². The van der Waals surface area contributed by atoms with Crippen molar-refractivity contribution in [3.05, 3.63) is 168 Å². The first-order chi connectivity index (χ1) is 29.6. The van der Waals surface area contributed by atoms with Gasteiger partial charge in [-0.25, -0.2) is 9.59 Å². The Kier molecular flexibility index (Phi) is 13.8. The lowest BCUT2D eigenvalue weighted by molar-refractivity contribution is -0.105. The van der Waals surface area contributed by atoms with Crippen LogP contribution in [0, 0.1) is 6.42 Å². The Labute approximate surface area is 351 Å². The van der Waals surface area contributed by atoms with E-state index >= 15 is 0 Å². The molecule has 0 spiro atoms. The van der Waals surface area contributed by atoms with Crippen LogP contribution in [0.1, 0.15) is 29.1 Å². The third-order valence-corrected chi connectivity index (χ3v) is 11.0. The highest BCUT2D eigenvalue weighted by atomic mass is 16.6. The topological polar surface area (TPSA) is 187 Å². The zero-order chi connectivity index (χ0) is 43.1. The Balaban J connectivity index is 1.15. The first-order valence-corrected chi connectivity index (χ1v) is 19.7. The van der Waals surface area contributed by atoms with Crippen LogP contribution >= 0.6 is 0 Å². The summed E-state index contributed by atoms with van der Waals surface area (Å²) in [4.78, 5) is 56.0. The number of likely N-dealkylation sites (N-methyl/N-ethyl adjacent to an activating group) is 1. The Morgan fingerprint density at radius 2 is 1.23 bits per heavy atom. The lowest BCUT2D eigenvalue weighted by Gasteiger charge is -2.37. The monoisotopic (exact) mass is 840 g/mol. The van der Waals surface area contributed by atoms with Crippen LogP contribution in [-0.4, -0.2) is 116 Å². The molecular weight excluding hydrogens is 791 g/mol. The van der Waals surface area contributed by atoms with E-state index in [1.807, 2.05) is 97.2 Å². The third-order valence-electron chi connectivity index (χ3n) is 11.0. The Hall–Kier alpha value is -5.66. The number of benzene rings is 3. The molecule has 7 atom stereocenters. The second-order valence-electron chi connectivity index (χ2n) is 14.7. The van der Waals surface area contributed by atoms with E-state index in [-0.39, 0.29) is 13.2 Å². The van der Waals surface area contributed by atoms with E-state index in [1.54, 1.807) is 14.2 Å². The van der Waals surface area contributed by atoms with E-state index in [2.05, 4.69) is 9.97 Å². The van der Waals surface area contributed by atoms with Crippen LogP contribution < -0.4 is 32.0 Å². The molecule has 0 unspecified atom stereocenters. The van der Waals surface area contributed by atoms with Gasteiger partial charge in [0.1, 0.15) is 41.5 Å². The minimum absolute atomic E-state index is 0.0310. The normalized spacial score (nSPS) is 22.8. The van der Waals surface area contributed by atoms with Crippen molar-refractivity contribution < 1.29 is 37.9 Å². The summed E-state index contributed by atoms with van der Waals surface area (Å²) in [5.41, 5.74) is -1.04. The minimum Gasteiger partial charge on any atom is -0.497 e. The minimum atomic E-state index is -1.18. The second kappa shape index (κ2) is 19.4. The molecule has 1 radical (unpaired) electrons. The molecule has 0 aliphatic carbocycles. The molecule has 0 amide bonds. The molecule has 17 nitrogen and oxygen atoms in total. The lowest BCUT2D eigenvalue weighted by atomic mass is 9.80. The first kappa shape index (κ1) is 43.4. The van der Waals surface area contributed by atoms with Gasteiger partial charge in [0.15, 0.2) is 12.5 Å². The maximum Gasteiger partial charge on any atom is 0.330 e. The van der Waals surface area contributed by atoms with Crippen LogP contribution in [0.2, 0.25) is 0 Å². The van der Waals surface area contributed by atoms with Gasteiger partial charge < -0.3 is 42.8 Å². The van der Waals surface area contributed by atoms with E-state index in [0.29, 0.717) is 24.6 Å². The van der Waals surface area contributed by atoms with Crippen molar-refractivity contribution in [2.24, 2.45) is 0 Å². The van der Waals surface area contributed by atoms with Gasteiger partial charge in [-0.05, 0) is 48.0 Å². The van der Waals surface area contributed by atoms with Crippen molar-refractivity contribution in [2.45, 2.75) is 48.6 Å². The van der Waals surface area contributed by atoms with Gasteiger partial charge >= 0.3 is 11.4 Å². The number of hydrogen-bond donors (Lipinski definition) is 2. The molecule has 5 aromatic rings. The van der Waals surface area contributed by atoms with E-state index in [9.17, 15) is 19.2 Å². The summed E-state index contributed by atoms with van der Waals surface area (Å²) >= 11 is 0. The van der Waals surface area contributed by atoms with Crippen LogP contribution in [0.15, 0.2) is 123 Å². The standard InChI is InChI=1S/C44H50N5O12/c1-47(26-33-25-34(56-4)40(60-33)48-21-19-36(50)45-42(48)52)23-24-58-38-35(61-41(39(38)57-5)49-22-20-37(51)46-43(49)53)27-59-44(28-9-7-6-8-10-28,29-11-15-31(54-2)16-12-29)30-13-17-32(55-3)18-14-30/h6-22,25,33-35,38-41H,23-24,26-27H2,1-5H3,(H,45,50,52)(H,46,51,53)/t33-,34-,35-,38-,39-,40-,41-/m1/s1. The number of aromatic nitrogens is 4. The molecule has 4 heterocycles. The average molecular weight is 841 g/mol. The van der Waals surface area contributed by atoms with E-state index in [0.717, 1.165) is 16.7 Å². The van der Waals surface area contributed by atoms with Crippen molar-refractivity contribution in [3.8, 4) is 11.5 Å². The Morgan fingerprint density at radius 1 is 0.672 bits per heavy atom. The van der Waals surface area contributed by atoms with Crippen LogP contribution in [-0.2, 0) is 34.0 Å². The fraction of sp³-hybridized carbons (Fsp3) is 0.386. The number of ether oxygens (including phenoxy) is 8. The second-order valence-corrected chi connectivity index (χ2v) is 14.7. The third kappa shape index (κ3) is 9.33. The van der Waals surface area contributed by atoms with E-state index in [4.69, 9.17) is 37.9 Å². The van der Waals surface area contributed by atoms with Crippen molar-refractivity contribution in [1.82, 2.24) is 24.0 Å². The molecule has 2 aliphatic heterocycles. The van der Waals surface area contributed by atoms with Crippen LogP contribution in [0.5, 0.6) is 11.5 Å². The Bertz CT molecular complexity index is 2390. The van der Waals surface area contributed by atoms with Crippen LogP contribution in [0.25, 0.3) is 0 Å². The van der Waals surface area contributed by atoms with E-state index in [1.165, 1.54) is 47.9 Å². The molecule has 17 heteroatoms. The molecular formula is C44H50N5O12. The van der Waals surface area contributed by atoms with Crippen LogP contribution in [0.4, 0.5) is 0 Å². The van der Waals surface area contributed by atoms with Crippen molar-refractivity contribution in [3.63, 3.8) is 0 Å². The fourth-order valence-corrected chi connectivity index (χ4v) is 7.93. The number of methoxy groups -OCH3 is 4. The molecule has 2 aliphatic rings. The predicted molar refractivity (Wildman–Crippen MR) is 222 cm³/mol. The highest BCUT2D eigenvalue weighted by molar-refractivity contribution is 5.49. The number of H-pyrrole nitrogens is 2. The van der Waals surface area contributed by atoms with Gasteiger partial charge in [-0.15, -0.1) is 0 Å². The summed E-state index contributed by atoms with van der Waals surface area (Å²) in [6.45, 7) is 1.04. The molecule has 0 bridgehead atoms. The van der Waals surface area contributed by atoms with Crippen LogP contribution in [0.3, 0.4) is 0 Å². The maximum absolute atomic E-state index is 13.2. The Morgan fingerprint density at radius 3 is 1.75 bits per heavy atom. The van der Waals surface area contributed by atoms with Gasteiger partial charge in [0, 0.05) is 58.3 Å². The number of hydrogen-bond acceptors (Lipinski definition) is 13. The maximum atomic E-state index is 13.2. The number of nitrogens with zero attached hydrogens (tertiary/aromatic N) is 3. The summed E-state index contributed by atoms with van der Waals surface area (Å²) in [6, 6.07) is 27.6. The first-order valence-electron chi connectivity index (χ1n) is 19.7. The lowest BCUT2D eigenvalue weighted by Crippen LogP contribution is -2.43. The zero-order valence-corrected chi connectivity index (χ0v) is 34.5. The number of aromatic amines is 2. The highest BCUT2D eigenvalue weighted by Crippen LogP contribution is 2.43. The van der Waals surface area contributed by atoms with Crippen molar-refractivity contribution in [1.29, 1.82) is 0 Å². The predicted octanol–water partition coefficient (Wildman–Crippen LogP) is 2.46. The van der Waals surface area contributed by atoms with Gasteiger partial charge in [0.25, 0.3) is 11.1 Å². The molecule has 0 saturated carbocycles.